The molecule has 0 aromatic heterocycles. The first-order chi connectivity index (χ1) is 7.79. The van der Waals surface area contributed by atoms with Crippen molar-refractivity contribution in [3.63, 3.8) is 0 Å². The van der Waals surface area contributed by atoms with E-state index in [1.807, 2.05) is 4.90 Å². The summed E-state index contributed by atoms with van der Waals surface area (Å²) < 4.78 is 0. The first kappa shape index (κ1) is 10.2. The van der Waals surface area contributed by atoms with Gasteiger partial charge in [0.2, 0.25) is 5.91 Å². The zero-order valence-electron chi connectivity index (χ0n) is 9.20. The summed E-state index contributed by atoms with van der Waals surface area (Å²) in [6, 6.07) is 4.46. The van der Waals surface area contributed by atoms with Gasteiger partial charge in [0.15, 0.2) is 0 Å². The number of thiol groups is 1. The Morgan fingerprint density at radius 1 is 1.31 bits per heavy atom. The summed E-state index contributed by atoms with van der Waals surface area (Å²) in [4.78, 5) is 13.8. The van der Waals surface area contributed by atoms with Gasteiger partial charge >= 0.3 is 0 Å². The molecule has 2 aliphatic rings. The van der Waals surface area contributed by atoms with E-state index in [4.69, 9.17) is 0 Å². The summed E-state index contributed by atoms with van der Waals surface area (Å²) in [6.07, 6.45) is 3.81. The zero-order chi connectivity index (χ0) is 11.1. The van der Waals surface area contributed by atoms with E-state index in [1.54, 1.807) is 0 Å². The molecule has 0 spiro atoms. The molecular formula is C13H15NOS. The van der Waals surface area contributed by atoms with Crippen LogP contribution < -0.4 is 4.90 Å². The summed E-state index contributed by atoms with van der Waals surface area (Å²) in [5.41, 5.74) is 5.16. The third-order valence-corrected chi connectivity index (χ3v) is 3.69. The maximum Gasteiger partial charge on any atom is 0.231 e. The van der Waals surface area contributed by atoms with Crippen molar-refractivity contribution < 1.29 is 4.79 Å². The molecule has 0 bridgehead atoms. The van der Waals surface area contributed by atoms with E-state index in [0.29, 0.717) is 6.42 Å². The molecule has 2 heterocycles. The first-order valence-corrected chi connectivity index (χ1v) is 6.49. The van der Waals surface area contributed by atoms with Crippen molar-refractivity contribution in [3.8, 4) is 0 Å². The van der Waals surface area contributed by atoms with Crippen LogP contribution in [-0.2, 0) is 24.1 Å². The van der Waals surface area contributed by atoms with Gasteiger partial charge in [-0.1, -0.05) is 12.1 Å². The summed E-state index contributed by atoms with van der Waals surface area (Å²) in [6.45, 7) is 0.907. The van der Waals surface area contributed by atoms with Crippen LogP contribution in [0.4, 0.5) is 5.69 Å². The SMILES string of the molecule is O=C1Cc2cc(CCS)cc3c2N1CCC3. The van der Waals surface area contributed by atoms with Gasteiger partial charge in [-0.3, -0.25) is 4.79 Å². The van der Waals surface area contributed by atoms with Crippen molar-refractivity contribution in [2.75, 3.05) is 17.2 Å². The van der Waals surface area contributed by atoms with Gasteiger partial charge in [0.1, 0.15) is 0 Å². The molecule has 0 N–H and O–H groups in total. The normalized spacial score (nSPS) is 17.8. The second-order valence-corrected chi connectivity index (χ2v) is 5.01. The van der Waals surface area contributed by atoms with E-state index in [1.165, 1.54) is 22.4 Å². The Balaban J connectivity index is 2.10. The largest absolute Gasteiger partial charge is 0.312 e. The summed E-state index contributed by atoms with van der Waals surface area (Å²) in [7, 11) is 0. The fourth-order valence-corrected chi connectivity index (χ4v) is 3.08. The lowest BCUT2D eigenvalue weighted by Crippen LogP contribution is -2.31. The molecule has 0 saturated carbocycles. The Labute approximate surface area is 101 Å². The van der Waals surface area contributed by atoms with Crippen LogP contribution in [-0.4, -0.2) is 18.2 Å². The molecule has 0 fully saturated rings. The Morgan fingerprint density at radius 2 is 2.12 bits per heavy atom. The number of anilines is 1. The molecular weight excluding hydrogens is 218 g/mol. The highest BCUT2D eigenvalue weighted by atomic mass is 32.1. The fraction of sp³-hybridized carbons (Fsp3) is 0.462. The van der Waals surface area contributed by atoms with E-state index in [9.17, 15) is 4.79 Å². The molecule has 0 saturated heterocycles. The van der Waals surface area contributed by atoms with Gasteiger partial charge in [-0.15, -0.1) is 0 Å². The van der Waals surface area contributed by atoms with Crippen LogP contribution >= 0.6 is 12.6 Å². The molecule has 0 unspecified atom stereocenters. The van der Waals surface area contributed by atoms with Gasteiger partial charge in [-0.25, -0.2) is 0 Å². The minimum atomic E-state index is 0.277. The van der Waals surface area contributed by atoms with E-state index >= 15 is 0 Å². The van der Waals surface area contributed by atoms with E-state index in [0.717, 1.165) is 31.6 Å². The minimum absolute atomic E-state index is 0.277. The quantitative estimate of drug-likeness (QED) is 0.775. The van der Waals surface area contributed by atoms with Crippen molar-refractivity contribution in [2.24, 2.45) is 0 Å². The van der Waals surface area contributed by atoms with Crippen LogP contribution in [0.2, 0.25) is 0 Å². The maximum absolute atomic E-state index is 11.8. The number of nitrogens with zero attached hydrogens (tertiary/aromatic N) is 1. The van der Waals surface area contributed by atoms with Crippen molar-refractivity contribution in [1.29, 1.82) is 0 Å². The third-order valence-electron chi connectivity index (χ3n) is 3.47. The molecule has 0 radical (unpaired) electrons. The molecule has 16 heavy (non-hydrogen) atoms. The zero-order valence-corrected chi connectivity index (χ0v) is 10.1. The Bertz CT molecular complexity index is 455. The van der Waals surface area contributed by atoms with Gasteiger partial charge in [-0.2, -0.15) is 12.6 Å². The molecule has 2 aliphatic heterocycles. The topological polar surface area (TPSA) is 20.3 Å². The number of hydrogen-bond acceptors (Lipinski definition) is 2. The fourth-order valence-electron chi connectivity index (χ4n) is 2.82. The molecule has 0 atom stereocenters. The van der Waals surface area contributed by atoms with Crippen molar-refractivity contribution in [1.82, 2.24) is 0 Å². The number of aryl methyl sites for hydroxylation is 2. The number of carbonyl (C=O) groups excluding carboxylic acids is 1. The lowest BCUT2D eigenvalue weighted by atomic mass is 9.96. The molecule has 3 rings (SSSR count). The summed E-state index contributed by atoms with van der Waals surface area (Å²) in [5, 5.41) is 0. The average Bonchev–Trinajstić information content (AvgIpc) is 2.58. The van der Waals surface area contributed by atoms with Crippen LogP contribution in [0, 0.1) is 0 Å². The predicted octanol–water partition coefficient (Wildman–Crippen LogP) is 1.99. The second-order valence-electron chi connectivity index (χ2n) is 4.56. The van der Waals surface area contributed by atoms with Crippen LogP contribution in [0.25, 0.3) is 0 Å². The average molecular weight is 233 g/mol. The van der Waals surface area contributed by atoms with Crippen molar-refractivity contribution in [3.05, 3.63) is 28.8 Å². The van der Waals surface area contributed by atoms with Crippen LogP contribution in [0.15, 0.2) is 12.1 Å². The minimum Gasteiger partial charge on any atom is -0.312 e. The lowest BCUT2D eigenvalue weighted by Gasteiger charge is -2.26. The molecule has 2 nitrogen and oxygen atoms in total. The van der Waals surface area contributed by atoms with Gasteiger partial charge < -0.3 is 4.90 Å². The monoisotopic (exact) mass is 233 g/mol. The Kier molecular flexibility index (Phi) is 2.43. The van der Waals surface area contributed by atoms with Gasteiger partial charge in [0, 0.05) is 6.54 Å². The smallest absolute Gasteiger partial charge is 0.231 e. The second kappa shape index (κ2) is 3.81. The highest BCUT2D eigenvalue weighted by Crippen LogP contribution is 2.37. The number of hydrogen-bond donors (Lipinski definition) is 1. The highest BCUT2D eigenvalue weighted by Gasteiger charge is 2.31. The number of benzene rings is 1. The third kappa shape index (κ3) is 1.46. The predicted molar refractivity (Wildman–Crippen MR) is 68.4 cm³/mol. The van der Waals surface area contributed by atoms with E-state index < -0.39 is 0 Å². The molecule has 0 aliphatic carbocycles. The molecule has 3 heteroatoms. The highest BCUT2D eigenvalue weighted by molar-refractivity contribution is 7.80. The molecule has 1 aromatic carbocycles. The number of rotatable bonds is 2. The summed E-state index contributed by atoms with van der Waals surface area (Å²) >= 11 is 4.27. The van der Waals surface area contributed by atoms with Gasteiger partial charge in [0.05, 0.1) is 12.1 Å². The van der Waals surface area contributed by atoms with Crippen LogP contribution in [0.5, 0.6) is 0 Å². The van der Waals surface area contributed by atoms with Gasteiger partial charge in [0.25, 0.3) is 0 Å². The van der Waals surface area contributed by atoms with Crippen molar-refractivity contribution >= 4 is 24.2 Å². The maximum atomic E-state index is 11.8. The molecule has 1 aromatic rings. The first-order valence-electron chi connectivity index (χ1n) is 5.85. The Morgan fingerprint density at radius 3 is 2.94 bits per heavy atom. The van der Waals surface area contributed by atoms with E-state index in [-0.39, 0.29) is 5.91 Å². The van der Waals surface area contributed by atoms with E-state index in [2.05, 4.69) is 24.8 Å². The number of carbonyl (C=O) groups is 1. The molecule has 84 valence electrons. The van der Waals surface area contributed by atoms with Crippen LogP contribution in [0.1, 0.15) is 23.1 Å². The van der Waals surface area contributed by atoms with Crippen LogP contribution in [0.3, 0.4) is 0 Å². The van der Waals surface area contributed by atoms with Gasteiger partial charge in [-0.05, 0) is 41.7 Å². The Hall–Kier alpha value is -0.960. The standard InChI is InChI=1S/C13H15NOS/c15-12-8-11-7-9(3-5-16)6-10-2-1-4-14(12)13(10)11/h6-7,16H,1-5,8H2. The number of amides is 1. The lowest BCUT2D eigenvalue weighted by molar-refractivity contribution is -0.117. The summed E-state index contributed by atoms with van der Waals surface area (Å²) in [5.74, 6) is 1.15. The van der Waals surface area contributed by atoms with Crippen molar-refractivity contribution in [2.45, 2.75) is 25.7 Å². The molecule has 1 amide bonds.